The van der Waals surface area contributed by atoms with E-state index in [1.165, 1.54) is 0 Å². The second-order valence-electron chi connectivity index (χ2n) is 6.20. The highest BCUT2D eigenvalue weighted by Gasteiger charge is 2.29. The molecule has 6 nitrogen and oxygen atoms in total. The molecule has 2 heterocycles. The van der Waals surface area contributed by atoms with Crippen molar-refractivity contribution in [1.82, 2.24) is 25.5 Å². The average Bonchev–Trinajstić information content (AvgIpc) is 2.76. The molecule has 0 bridgehead atoms. The Labute approximate surface area is 114 Å². The molecule has 1 saturated heterocycles. The lowest BCUT2D eigenvalue weighted by Crippen LogP contribution is -2.32. The largest absolute Gasteiger partial charge is 0.381 e. The van der Waals surface area contributed by atoms with Crippen molar-refractivity contribution in [2.45, 2.75) is 46.7 Å². The van der Waals surface area contributed by atoms with Crippen LogP contribution in [0.25, 0.3) is 0 Å². The molecular formula is C13H25N5O. The highest BCUT2D eigenvalue weighted by atomic mass is 16.5. The normalized spacial score (nSPS) is 18.9. The van der Waals surface area contributed by atoms with Gasteiger partial charge in [-0.1, -0.05) is 20.8 Å². The van der Waals surface area contributed by atoms with Gasteiger partial charge in [0.05, 0.1) is 13.1 Å². The summed E-state index contributed by atoms with van der Waals surface area (Å²) in [5.74, 6) is 1.56. The number of aromatic nitrogens is 4. The van der Waals surface area contributed by atoms with E-state index in [1.54, 1.807) is 0 Å². The van der Waals surface area contributed by atoms with Gasteiger partial charge in [0, 0.05) is 13.2 Å². The first-order chi connectivity index (χ1) is 9.09. The van der Waals surface area contributed by atoms with Gasteiger partial charge in [0.1, 0.15) is 0 Å². The van der Waals surface area contributed by atoms with Gasteiger partial charge in [-0.2, -0.15) is 0 Å². The zero-order valence-corrected chi connectivity index (χ0v) is 12.2. The Bertz CT molecular complexity index is 384. The molecule has 1 N–H and O–H groups in total. The second kappa shape index (κ2) is 6.43. The summed E-state index contributed by atoms with van der Waals surface area (Å²) in [4.78, 5) is 0. The van der Waals surface area contributed by atoms with E-state index < -0.39 is 0 Å². The molecule has 0 aliphatic carbocycles. The van der Waals surface area contributed by atoms with Crippen LogP contribution in [-0.2, 0) is 17.8 Å². The molecule has 1 aromatic heterocycles. The highest BCUT2D eigenvalue weighted by molar-refractivity contribution is 4.85. The zero-order valence-electron chi connectivity index (χ0n) is 12.2. The molecular weight excluding hydrogens is 242 g/mol. The molecule has 0 radical (unpaired) electrons. The van der Waals surface area contributed by atoms with Gasteiger partial charge < -0.3 is 10.1 Å². The molecule has 108 valence electrons. The maximum Gasteiger partial charge on any atom is 0.165 e. The van der Waals surface area contributed by atoms with Crippen LogP contribution in [0.3, 0.4) is 0 Å². The lowest BCUT2D eigenvalue weighted by molar-refractivity contribution is 0.0131. The fourth-order valence-corrected chi connectivity index (χ4v) is 2.33. The molecule has 0 spiro atoms. The molecule has 1 aromatic rings. The number of tetrazole rings is 1. The van der Waals surface area contributed by atoms with Gasteiger partial charge >= 0.3 is 0 Å². The fourth-order valence-electron chi connectivity index (χ4n) is 2.33. The Balaban J connectivity index is 1.91. The second-order valence-corrected chi connectivity index (χ2v) is 6.20. The van der Waals surface area contributed by atoms with Gasteiger partial charge in [-0.25, -0.2) is 4.68 Å². The minimum atomic E-state index is 0.250. The van der Waals surface area contributed by atoms with E-state index in [9.17, 15) is 0 Å². The third-order valence-electron chi connectivity index (χ3n) is 3.67. The molecule has 1 aliphatic rings. The highest BCUT2D eigenvalue weighted by Crippen LogP contribution is 2.31. The van der Waals surface area contributed by atoms with E-state index >= 15 is 0 Å². The van der Waals surface area contributed by atoms with Crippen LogP contribution in [-0.4, -0.2) is 40.0 Å². The van der Waals surface area contributed by atoms with Crippen molar-refractivity contribution in [3.63, 3.8) is 0 Å². The Morgan fingerprint density at radius 2 is 2.11 bits per heavy atom. The van der Waals surface area contributed by atoms with Gasteiger partial charge in [0.25, 0.3) is 0 Å². The predicted molar refractivity (Wildman–Crippen MR) is 72.5 cm³/mol. The van der Waals surface area contributed by atoms with Crippen molar-refractivity contribution < 1.29 is 4.74 Å². The standard InChI is InChI=1S/C13H25N5O/c1-11(2)8-14-9-12-15-16-17-18(12)10-13(3)4-6-19-7-5-13/h11,14H,4-10H2,1-3H3. The Morgan fingerprint density at radius 1 is 1.37 bits per heavy atom. The third kappa shape index (κ3) is 4.24. The van der Waals surface area contributed by atoms with Gasteiger partial charge in [-0.15, -0.1) is 5.10 Å². The maximum absolute atomic E-state index is 5.43. The molecule has 0 amide bonds. The number of nitrogens with one attached hydrogen (secondary N) is 1. The van der Waals surface area contributed by atoms with E-state index in [4.69, 9.17) is 4.74 Å². The molecule has 1 aliphatic heterocycles. The SMILES string of the molecule is CC(C)CNCc1nnnn1CC1(C)CCOCC1. The Hall–Kier alpha value is -1.01. The number of ether oxygens (including phenoxy) is 1. The first kappa shape index (κ1) is 14.4. The molecule has 1 fully saturated rings. The van der Waals surface area contributed by atoms with Crippen LogP contribution in [0, 0.1) is 11.3 Å². The van der Waals surface area contributed by atoms with E-state index in [1.807, 2.05) is 4.68 Å². The van der Waals surface area contributed by atoms with Crippen LogP contribution in [0.15, 0.2) is 0 Å². The molecule has 19 heavy (non-hydrogen) atoms. The Morgan fingerprint density at radius 3 is 2.79 bits per heavy atom. The number of hydrogen-bond donors (Lipinski definition) is 1. The summed E-state index contributed by atoms with van der Waals surface area (Å²) in [5, 5.41) is 15.4. The van der Waals surface area contributed by atoms with Gasteiger partial charge in [-0.05, 0) is 41.1 Å². The number of hydrogen-bond acceptors (Lipinski definition) is 5. The minimum Gasteiger partial charge on any atom is -0.381 e. The van der Waals surface area contributed by atoms with Gasteiger partial charge in [0.2, 0.25) is 0 Å². The van der Waals surface area contributed by atoms with Crippen LogP contribution in [0.2, 0.25) is 0 Å². The third-order valence-corrected chi connectivity index (χ3v) is 3.67. The lowest BCUT2D eigenvalue weighted by Gasteiger charge is -2.33. The van der Waals surface area contributed by atoms with E-state index in [2.05, 4.69) is 41.6 Å². The van der Waals surface area contributed by atoms with Crippen LogP contribution in [0.4, 0.5) is 0 Å². The molecule has 0 atom stereocenters. The first-order valence-corrected chi connectivity index (χ1v) is 7.13. The van der Waals surface area contributed by atoms with Crippen molar-refractivity contribution in [1.29, 1.82) is 0 Å². The number of nitrogens with zero attached hydrogens (tertiary/aromatic N) is 4. The summed E-state index contributed by atoms with van der Waals surface area (Å²) in [6.07, 6.45) is 2.15. The summed E-state index contributed by atoms with van der Waals surface area (Å²) < 4.78 is 7.38. The molecule has 0 unspecified atom stereocenters. The van der Waals surface area contributed by atoms with E-state index in [0.29, 0.717) is 5.92 Å². The summed E-state index contributed by atoms with van der Waals surface area (Å²) in [7, 11) is 0. The summed E-state index contributed by atoms with van der Waals surface area (Å²) >= 11 is 0. The maximum atomic E-state index is 5.43. The lowest BCUT2D eigenvalue weighted by atomic mass is 9.82. The van der Waals surface area contributed by atoms with Crippen LogP contribution < -0.4 is 5.32 Å². The van der Waals surface area contributed by atoms with Crippen molar-refractivity contribution in [3.05, 3.63) is 5.82 Å². The first-order valence-electron chi connectivity index (χ1n) is 7.13. The van der Waals surface area contributed by atoms with Crippen molar-refractivity contribution >= 4 is 0 Å². The van der Waals surface area contributed by atoms with Gasteiger partial charge in [-0.3, -0.25) is 0 Å². The van der Waals surface area contributed by atoms with Gasteiger partial charge in [0.15, 0.2) is 5.82 Å². The minimum absolute atomic E-state index is 0.250. The van der Waals surface area contributed by atoms with E-state index in [0.717, 1.165) is 51.5 Å². The van der Waals surface area contributed by atoms with Crippen molar-refractivity contribution in [2.24, 2.45) is 11.3 Å². The molecule has 6 heteroatoms. The molecule has 0 saturated carbocycles. The smallest absolute Gasteiger partial charge is 0.165 e. The fraction of sp³-hybridized carbons (Fsp3) is 0.923. The summed E-state index contributed by atoms with van der Waals surface area (Å²) in [5.41, 5.74) is 0.250. The predicted octanol–water partition coefficient (Wildman–Crippen LogP) is 1.24. The van der Waals surface area contributed by atoms with E-state index in [-0.39, 0.29) is 5.41 Å². The monoisotopic (exact) mass is 267 g/mol. The average molecular weight is 267 g/mol. The molecule has 0 aromatic carbocycles. The zero-order chi connectivity index (χ0) is 13.7. The van der Waals surface area contributed by atoms with Crippen molar-refractivity contribution in [3.8, 4) is 0 Å². The quantitative estimate of drug-likeness (QED) is 0.840. The molecule has 2 rings (SSSR count). The Kier molecular flexibility index (Phi) is 4.87. The van der Waals surface area contributed by atoms with Crippen LogP contribution in [0.5, 0.6) is 0 Å². The summed E-state index contributed by atoms with van der Waals surface area (Å²) in [6.45, 7) is 11.0. The van der Waals surface area contributed by atoms with Crippen LogP contribution in [0.1, 0.15) is 39.4 Å². The topological polar surface area (TPSA) is 64.9 Å². The van der Waals surface area contributed by atoms with Crippen LogP contribution >= 0.6 is 0 Å². The summed E-state index contributed by atoms with van der Waals surface area (Å²) in [6, 6.07) is 0. The van der Waals surface area contributed by atoms with Crippen molar-refractivity contribution in [2.75, 3.05) is 19.8 Å². The number of rotatable bonds is 6.